The van der Waals surface area contributed by atoms with Crippen LogP contribution in [0.4, 0.5) is 0 Å². The summed E-state index contributed by atoms with van der Waals surface area (Å²) in [4.78, 5) is 4.90. The zero-order valence-corrected chi connectivity index (χ0v) is 9.08. The Morgan fingerprint density at radius 2 is 2.15 bits per heavy atom. The molecular formula is C11H20NO+. The van der Waals surface area contributed by atoms with Gasteiger partial charge in [0.15, 0.2) is 6.72 Å². The summed E-state index contributed by atoms with van der Waals surface area (Å²) in [6.45, 7) is 10.1. The molecule has 0 fully saturated rings. The zero-order chi connectivity index (χ0) is 10.3. The van der Waals surface area contributed by atoms with E-state index in [0.29, 0.717) is 5.92 Å². The highest BCUT2D eigenvalue weighted by molar-refractivity contribution is 5.19. The number of nitrogens with zero attached hydrogens (tertiary/aromatic N) is 1. The molecule has 0 aliphatic heterocycles. The Hall–Kier alpha value is -1.05. The molecular weight excluding hydrogens is 162 g/mol. The lowest BCUT2D eigenvalue weighted by atomic mass is 10.1. The van der Waals surface area contributed by atoms with Gasteiger partial charge in [-0.15, -0.1) is 0 Å². The molecule has 0 atom stereocenters. The van der Waals surface area contributed by atoms with Crippen LogP contribution in [0.5, 0.6) is 0 Å². The second-order valence-corrected chi connectivity index (χ2v) is 3.26. The minimum absolute atomic E-state index is 0.579. The van der Waals surface area contributed by atoms with Gasteiger partial charge in [0.2, 0.25) is 6.20 Å². The summed E-state index contributed by atoms with van der Waals surface area (Å²) in [7, 11) is 1.60. The molecule has 0 aliphatic rings. The lowest BCUT2D eigenvalue weighted by Crippen LogP contribution is -1.99. The van der Waals surface area contributed by atoms with Gasteiger partial charge in [-0.1, -0.05) is 32.9 Å². The largest absolute Gasteiger partial charge is 0.275 e. The average Bonchev–Trinajstić information content (AvgIpc) is 2.11. The van der Waals surface area contributed by atoms with Gasteiger partial charge in [0.25, 0.3) is 0 Å². The van der Waals surface area contributed by atoms with Crippen molar-refractivity contribution >= 4 is 6.72 Å². The van der Waals surface area contributed by atoms with E-state index in [1.807, 2.05) is 6.20 Å². The monoisotopic (exact) mass is 182 g/mol. The first-order chi connectivity index (χ1) is 6.10. The van der Waals surface area contributed by atoms with Gasteiger partial charge in [0.05, 0.1) is 0 Å². The van der Waals surface area contributed by atoms with E-state index in [-0.39, 0.29) is 0 Å². The van der Waals surface area contributed by atoms with Crippen molar-refractivity contribution in [1.82, 2.24) is 0 Å². The number of hydrogen-bond donors (Lipinski definition) is 0. The van der Waals surface area contributed by atoms with E-state index in [1.165, 1.54) is 10.3 Å². The standard InChI is InChI=1S/C11H20NO/c1-6-11(8-7-10(2)3)9-12(4)13-5/h7-10H,4,6H2,1-3,5H3/q+1/b8-7-,11-9+. The van der Waals surface area contributed by atoms with Crippen molar-refractivity contribution in [3.8, 4) is 0 Å². The summed E-state index contributed by atoms with van der Waals surface area (Å²) < 4.78 is 1.46. The predicted octanol–water partition coefficient (Wildman–Crippen LogP) is 2.77. The van der Waals surface area contributed by atoms with Gasteiger partial charge in [-0.2, -0.15) is 0 Å². The van der Waals surface area contributed by atoms with Gasteiger partial charge < -0.3 is 0 Å². The quantitative estimate of drug-likeness (QED) is 0.275. The first-order valence-electron chi connectivity index (χ1n) is 4.62. The minimum Gasteiger partial charge on any atom is -0.275 e. The van der Waals surface area contributed by atoms with Crippen molar-refractivity contribution in [2.45, 2.75) is 27.2 Å². The Balaban J connectivity index is 4.33. The summed E-state index contributed by atoms with van der Waals surface area (Å²) in [5, 5.41) is 0. The van der Waals surface area contributed by atoms with Gasteiger partial charge >= 0.3 is 0 Å². The smallest absolute Gasteiger partial charge is 0.224 e. The molecule has 74 valence electrons. The van der Waals surface area contributed by atoms with Crippen LogP contribution in [-0.4, -0.2) is 18.6 Å². The normalized spacial score (nSPS) is 12.5. The molecule has 0 saturated carbocycles. The molecule has 0 amide bonds. The van der Waals surface area contributed by atoms with Crippen LogP contribution in [0.2, 0.25) is 0 Å². The third-order valence-corrected chi connectivity index (χ3v) is 1.65. The Morgan fingerprint density at radius 3 is 2.54 bits per heavy atom. The molecule has 2 nitrogen and oxygen atoms in total. The molecule has 2 heteroatoms. The maximum absolute atomic E-state index is 4.90. The van der Waals surface area contributed by atoms with Crippen molar-refractivity contribution in [2.75, 3.05) is 7.11 Å². The van der Waals surface area contributed by atoms with E-state index in [1.54, 1.807) is 7.11 Å². The van der Waals surface area contributed by atoms with Crippen LogP contribution < -0.4 is 0 Å². The molecule has 0 aliphatic carbocycles. The highest BCUT2D eigenvalue weighted by Gasteiger charge is 1.97. The molecule has 0 spiro atoms. The van der Waals surface area contributed by atoms with Gasteiger partial charge in [-0.25, -0.2) is 0 Å². The Morgan fingerprint density at radius 1 is 1.54 bits per heavy atom. The lowest BCUT2D eigenvalue weighted by molar-refractivity contribution is -0.726. The summed E-state index contributed by atoms with van der Waals surface area (Å²) in [5.41, 5.74) is 1.21. The van der Waals surface area contributed by atoms with Crippen molar-refractivity contribution in [1.29, 1.82) is 0 Å². The molecule has 0 bridgehead atoms. The molecule has 0 rings (SSSR count). The van der Waals surface area contributed by atoms with Crippen molar-refractivity contribution < 1.29 is 9.58 Å². The van der Waals surface area contributed by atoms with Crippen molar-refractivity contribution in [2.24, 2.45) is 5.92 Å². The van der Waals surface area contributed by atoms with Crippen molar-refractivity contribution in [3.63, 3.8) is 0 Å². The number of hydroxylamine groups is 1. The van der Waals surface area contributed by atoms with E-state index in [2.05, 4.69) is 39.6 Å². The SMILES string of the molecule is C=[N+](/C=C(/C=C\C(C)C)CC)OC. The average molecular weight is 182 g/mol. The minimum atomic E-state index is 0.579. The van der Waals surface area contributed by atoms with Crippen LogP contribution in [0.15, 0.2) is 23.9 Å². The highest BCUT2D eigenvalue weighted by Crippen LogP contribution is 2.05. The van der Waals surface area contributed by atoms with E-state index in [0.717, 1.165) is 6.42 Å². The van der Waals surface area contributed by atoms with Crippen LogP contribution >= 0.6 is 0 Å². The summed E-state index contributed by atoms with van der Waals surface area (Å²) in [6.07, 6.45) is 7.15. The Bertz CT molecular complexity index is 214. The third-order valence-electron chi connectivity index (χ3n) is 1.65. The predicted molar refractivity (Wildman–Crippen MR) is 56.7 cm³/mol. The number of allylic oxidation sites excluding steroid dienone is 3. The van der Waals surface area contributed by atoms with Crippen LogP contribution in [0, 0.1) is 5.92 Å². The molecule has 0 aromatic rings. The molecule has 13 heavy (non-hydrogen) atoms. The molecule has 0 heterocycles. The van der Waals surface area contributed by atoms with Crippen LogP contribution in [0.1, 0.15) is 27.2 Å². The first-order valence-corrected chi connectivity index (χ1v) is 4.62. The molecule has 0 radical (unpaired) electrons. The topological polar surface area (TPSA) is 12.2 Å². The lowest BCUT2D eigenvalue weighted by Gasteiger charge is -1.96. The fourth-order valence-corrected chi connectivity index (χ4v) is 0.806. The fourth-order valence-electron chi connectivity index (χ4n) is 0.806. The maximum Gasteiger partial charge on any atom is 0.224 e. The molecule has 0 saturated heterocycles. The van der Waals surface area contributed by atoms with E-state index < -0.39 is 0 Å². The summed E-state index contributed by atoms with van der Waals surface area (Å²) >= 11 is 0. The van der Waals surface area contributed by atoms with Crippen LogP contribution in [-0.2, 0) is 4.84 Å². The molecule has 0 N–H and O–H groups in total. The highest BCUT2D eigenvalue weighted by atomic mass is 16.6. The molecule has 0 aromatic carbocycles. The maximum atomic E-state index is 4.90. The number of rotatable bonds is 5. The Kier molecular flexibility index (Phi) is 5.94. The van der Waals surface area contributed by atoms with Crippen molar-refractivity contribution in [3.05, 3.63) is 23.9 Å². The second kappa shape index (κ2) is 6.46. The summed E-state index contributed by atoms with van der Waals surface area (Å²) in [6, 6.07) is 0. The van der Waals surface area contributed by atoms with Gasteiger partial charge in [0, 0.05) is 5.57 Å². The fraction of sp³-hybridized carbons (Fsp3) is 0.545. The van der Waals surface area contributed by atoms with E-state index in [9.17, 15) is 0 Å². The summed E-state index contributed by atoms with van der Waals surface area (Å²) in [5.74, 6) is 0.579. The molecule has 0 aromatic heterocycles. The van der Waals surface area contributed by atoms with Gasteiger partial charge in [-0.3, -0.25) is 4.84 Å². The van der Waals surface area contributed by atoms with Gasteiger partial charge in [0.1, 0.15) is 7.11 Å². The van der Waals surface area contributed by atoms with Gasteiger partial charge in [-0.05, 0) is 17.1 Å². The third kappa shape index (κ3) is 6.14. The molecule has 0 unspecified atom stereocenters. The van der Waals surface area contributed by atoms with E-state index in [4.69, 9.17) is 4.84 Å². The second-order valence-electron chi connectivity index (χ2n) is 3.26. The van der Waals surface area contributed by atoms with Crippen LogP contribution in [0.25, 0.3) is 0 Å². The zero-order valence-electron chi connectivity index (χ0n) is 9.08. The number of hydrogen-bond acceptors (Lipinski definition) is 1. The Labute approximate surface area is 81.2 Å². The first kappa shape index (κ1) is 11.9. The van der Waals surface area contributed by atoms with E-state index >= 15 is 0 Å². The van der Waals surface area contributed by atoms with Crippen LogP contribution in [0.3, 0.4) is 0 Å².